The van der Waals surface area contributed by atoms with Crippen LogP contribution < -0.4 is 20.9 Å². The van der Waals surface area contributed by atoms with E-state index in [1.807, 2.05) is 19.0 Å². The number of rotatable bonds is 5. The van der Waals surface area contributed by atoms with Crippen LogP contribution in [0.15, 0.2) is 24.3 Å². The van der Waals surface area contributed by atoms with Crippen LogP contribution in [-0.4, -0.2) is 42.2 Å². The van der Waals surface area contributed by atoms with E-state index in [0.717, 1.165) is 68.6 Å². The molecule has 3 N–H and O–H groups in total. The highest BCUT2D eigenvalue weighted by Crippen LogP contribution is 2.31. The normalized spacial score (nSPS) is 20.3. The smallest absolute Gasteiger partial charge is 0.362 e. The van der Waals surface area contributed by atoms with Gasteiger partial charge in [0.1, 0.15) is 5.82 Å². The summed E-state index contributed by atoms with van der Waals surface area (Å²) < 4.78 is 38.0. The van der Waals surface area contributed by atoms with Gasteiger partial charge in [-0.2, -0.15) is 18.2 Å². The maximum atomic E-state index is 12.7. The minimum Gasteiger partial charge on any atom is -0.362 e. The van der Waals surface area contributed by atoms with E-state index >= 15 is 0 Å². The van der Waals surface area contributed by atoms with Crippen molar-refractivity contribution in [3.05, 3.63) is 41.1 Å². The Morgan fingerprint density at radius 3 is 2.26 bits per heavy atom. The number of carbonyl (C=O) groups excluding carboxylic acids is 1. The molecule has 1 aromatic carbocycles. The highest BCUT2D eigenvalue weighted by atomic mass is 19.4. The van der Waals surface area contributed by atoms with Crippen LogP contribution in [-0.2, 0) is 19.0 Å². The molecule has 7 nitrogen and oxygen atoms in total. The summed E-state index contributed by atoms with van der Waals surface area (Å²) in [6.45, 7) is 0. The number of aromatic nitrogens is 2. The predicted molar refractivity (Wildman–Crippen MR) is 126 cm³/mol. The number of alkyl halides is 3. The van der Waals surface area contributed by atoms with Crippen molar-refractivity contribution in [2.75, 3.05) is 29.6 Å². The van der Waals surface area contributed by atoms with Crippen LogP contribution in [0.5, 0.6) is 0 Å². The molecule has 1 saturated carbocycles. The summed E-state index contributed by atoms with van der Waals surface area (Å²) in [5.41, 5.74) is 1.98. The molecule has 0 radical (unpaired) electrons. The Morgan fingerprint density at radius 1 is 0.971 bits per heavy atom. The molecule has 1 fully saturated rings. The number of fused-ring (bicyclic) bond motifs is 1. The Hall–Kier alpha value is -3.04. The molecule has 1 heterocycles. The first-order valence-electron chi connectivity index (χ1n) is 11.8. The monoisotopic (exact) mass is 476 g/mol. The van der Waals surface area contributed by atoms with Crippen molar-refractivity contribution in [1.82, 2.24) is 15.3 Å². The lowest BCUT2D eigenvalue weighted by Gasteiger charge is -2.30. The quantitative estimate of drug-likeness (QED) is 0.567. The number of nitrogens with zero attached hydrogens (tertiary/aromatic N) is 3. The zero-order chi connectivity index (χ0) is 24.3. The van der Waals surface area contributed by atoms with Crippen molar-refractivity contribution in [1.29, 1.82) is 0 Å². The molecule has 4 rings (SSSR count). The first-order valence-corrected chi connectivity index (χ1v) is 11.8. The minimum absolute atomic E-state index is 0.00860. The third-order valence-corrected chi connectivity index (χ3v) is 6.45. The summed E-state index contributed by atoms with van der Waals surface area (Å²) in [5, 5.41) is 9.02. The second kappa shape index (κ2) is 10.1. The van der Waals surface area contributed by atoms with Gasteiger partial charge in [-0.3, -0.25) is 0 Å². The van der Waals surface area contributed by atoms with E-state index < -0.39 is 17.8 Å². The number of hydrogen-bond donors (Lipinski definition) is 3. The number of nitrogens with one attached hydrogen (secondary N) is 3. The zero-order valence-corrected chi connectivity index (χ0v) is 19.5. The fourth-order valence-electron chi connectivity index (χ4n) is 4.67. The Bertz CT molecular complexity index is 1000. The molecule has 184 valence electrons. The van der Waals surface area contributed by atoms with Crippen molar-refractivity contribution in [2.24, 2.45) is 0 Å². The summed E-state index contributed by atoms with van der Waals surface area (Å²) in [4.78, 5) is 23.9. The first kappa shape index (κ1) is 24.1. The van der Waals surface area contributed by atoms with Crippen molar-refractivity contribution < 1.29 is 18.0 Å². The van der Waals surface area contributed by atoms with Gasteiger partial charge in [0, 0.05) is 37.4 Å². The predicted octanol–water partition coefficient (Wildman–Crippen LogP) is 4.99. The number of benzene rings is 1. The van der Waals surface area contributed by atoms with Crippen LogP contribution >= 0.6 is 0 Å². The highest BCUT2D eigenvalue weighted by molar-refractivity contribution is 5.89. The van der Waals surface area contributed by atoms with E-state index in [2.05, 4.69) is 16.0 Å². The molecule has 1 aromatic heterocycles. The molecule has 10 heteroatoms. The van der Waals surface area contributed by atoms with Gasteiger partial charge in [-0.05, 0) is 75.6 Å². The van der Waals surface area contributed by atoms with Crippen LogP contribution in [0.25, 0.3) is 0 Å². The third kappa shape index (κ3) is 5.90. The SMILES string of the molecule is CN(C)c1nc(NC2CCC(NC(=O)Nc3ccc(C(F)(F)F)cc3)CC2)nc2c1CCCC2. The van der Waals surface area contributed by atoms with Gasteiger partial charge in [-0.1, -0.05) is 0 Å². The largest absolute Gasteiger partial charge is 0.416 e. The standard InChI is InChI=1S/C24H31F3N6O/c1-33(2)21-19-5-3-4-6-20(19)31-22(32-21)28-16-11-13-18(14-12-16)30-23(34)29-17-9-7-15(8-10-17)24(25,26)27/h7-10,16,18H,3-6,11-14H2,1-2H3,(H,28,31,32)(H2,29,30,34). The second-order valence-electron chi connectivity index (χ2n) is 9.26. The van der Waals surface area contributed by atoms with Crippen molar-refractivity contribution >= 4 is 23.5 Å². The molecule has 0 bridgehead atoms. The molecule has 0 saturated heterocycles. The maximum absolute atomic E-state index is 12.7. The molecular formula is C24H31F3N6O. The van der Waals surface area contributed by atoms with E-state index in [4.69, 9.17) is 9.97 Å². The third-order valence-electron chi connectivity index (χ3n) is 6.45. The average molecular weight is 477 g/mol. The molecule has 0 aliphatic heterocycles. The van der Waals surface area contributed by atoms with Crippen LogP contribution in [0.1, 0.15) is 55.3 Å². The molecule has 0 unspecified atom stereocenters. The van der Waals surface area contributed by atoms with Crippen molar-refractivity contribution in [3.8, 4) is 0 Å². The number of aryl methyl sites for hydroxylation is 1. The average Bonchev–Trinajstić information content (AvgIpc) is 2.79. The summed E-state index contributed by atoms with van der Waals surface area (Å²) in [6, 6.07) is 4.24. The van der Waals surface area contributed by atoms with Crippen LogP contribution in [0.4, 0.5) is 35.4 Å². The number of anilines is 3. The van der Waals surface area contributed by atoms with Gasteiger partial charge in [-0.25, -0.2) is 9.78 Å². The van der Waals surface area contributed by atoms with Crippen molar-refractivity contribution in [3.63, 3.8) is 0 Å². The molecule has 0 atom stereocenters. The van der Waals surface area contributed by atoms with E-state index in [0.29, 0.717) is 11.6 Å². The molecule has 2 aromatic rings. The van der Waals surface area contributed by atoms with Crippen LogP contribution in [0.3, 0.4) is 0 Å². The molecule has 2 amide bonds. The minimum atomic E-state index is -4.40. The fourth-order valence-corrected chi connectivity index (χ4v) is 4.67. The Labute approximate surface area is 197 Å². The lowest BCUT2D eigenvalue weighted by Crippen LogP contribution is -2.42. The highest BCUT2D eigenvalue weighted by Gasteiger charge is 2.30. The van der Waals surface area contributed by atoms with Crippen LogP contribution in [0.2, 0.25) is 0 Å². The van der Waals surface area contributed by atoms with Gasteiger partial charge in [0.25, 0.3) is 0 Å². The van der Waals surface area contributed by atoms with Gasteiger partial charge in [-0.15, -0.1) is 0 Å². The molecular weight excluding hydrogens is 445 g/mol. The summed E-state index contributed by atoms with van der Waals surface area (Å²) in [6.07, 6.45) is 3.26. The fraction of sp³-hybridized carbons (Fsp3) is 0.542. The number of hydrogen-bond acceptors (Lipinski definition) is 5. The summed E-state index contributed by atoms with van der Waals surface area (Å²) in [5.74, 6) is 1.66. The topological polar surface area (TPSA) is 82.2 Å². The first-order chi connectivity index (χ1) is 16.2. The summed E-state index contributed by atoms with van der Waals surface area (Å²) in [7, 11) is 4.02. The van der Waals surface area contributed by atoms with Crippen LogP contribution in [0, 0.1) is 0 Å². The Balaban J connectivity index is 1.27. The van der Waals surface area contributed by atoms with Gasteiger partial charge in [0.15, 0.2) is 0 Å². The summed E-state index contributed by atoms with van der Waals surface area (Å²) >= 11 is 0. The van der Waals surface area contributed by atoms with E-state index in [-0.39, 0.29) is 12.1 Å². The molecule has 2 aliphatic carbocycles. The number of urea groups is 1. The number of amides is 2. The lowest BCUT2D eigenvalue weighted by atomic mass is 9.91. The Kier molecular flexibility index (Phi) is 7.13. The molecule has 0 spiro atoms. The van der Waals surface area contributed by atoms with Gasteiger partial charge in [0.2, 0.25) is 5.95 Å². The second-order valence-corrected chi connectivity index (χ2v) is 9.26. The van der Waals surface area contributed by atoms with Gasteiger partial charge >= 0.3 is 12.2 Å². The van der Waals surface area contributed by atoms with E-state index in [9.17, 15) is 18.0 Å². The van der Waals surface area contributed by atoms with Gasteiger partial charge < -0.3 is 20.9 Å². The van der Waals surface area contributed by atoms with E-state index in [1.165, 1.54) is 24.1 Å². The molecule has 34 heavy (non-hydrogen) atoms. The Morgan fingerprint density at radius 2 is 1.62 bits per heavy atom. The lowest BCUT2D eigenvalue weighted by molar-refractivity contribution is -0.137. The number of halogens is 3. The maximum Gasteiger partial charge on any atom is 0.416 e. The zero-order valence-electron chi connectivity index (χ0n) is 19.5. The van der Waals surface area contributed by atoms with Gasteiger partial charge in [0.05, 0.1) is 11.3 Å². The molecule has 2 aliphatic rings. The van der Waals surface area contributed by atoms with Crippen molar-refractivity contribution in [2.45, 2.75) is 69.6 Å². The number of carbonyl (C=O) groups is 1. The van der Waals surface area contributed by atoms with E-state index in [1.54, 1.807) is 0 Å².